The minimum atomic E-state index is -1.19. The lowest BCUT2D eigenvalue weighted by molar-refractivity contribution is -0.115. The van der Waals surface area contributed by atoms with Crippen LogP contribution in [0.3, 0.4) is 0 Å². The van der Waals surface area contributed by atoms with Crippen LogP contribution in [0.4, 0.5) is 28.9 Å². The molecule has 0 aromatic heterocycles. The van der Waals surface area contributed by atoms with Gasteiger partial charge >= 0.3 is 0 Å². The van der Waals surface area contributed by atoms with Gasteiger partial charge in [0, 0.05) is 35.4 Å². The van der Waals surface area contributed by atoms with Gasteiger partial charge in [0.15, 0.2) is 0 Å². The first-order chi connectivity index (χ1) is 18.2. The molecule has 0 aliphatic rings. The Morgan fingerprint density at radius 1 is 0.763 bits per heavy atom. The number of rotatable bonds is 7. The maximum atomic E-state index is 14.3. The van der Waals surface area contributed by atoms with E-state index in [2.05, 4.69) is 10.6 Å². The van der Waals surface area contributed by atoms with E-state index < -0.39 is 34.7 Å². The van der Waals surface area contributed by atoms with Gasteiger partial charge in [-0.25, -0.2) is 17.6 Å². The van der Waals surface area contributed by atoms with Gasteiger partial charge in [-0.2, -0.15) is 0 Å². The lowest BCUT2D eigenvalue weighted by Crippen LogP contribution is -2.24. The average molecular weight is 519 g/mol. The Bertz CT molecular complexity index is 1500. The summed E-state index contributed by atoms with van der Waals surface area (Å²) in [5.41, 5.74) is 7.15. The molecule has 38 heavy (non-hydrogen) atoms. The van der Waals surface area contributed by atoms with Crippen molar-refractivity contribution >= 4 is 34.8 Å². The highest BCUT2D eigenvalue weighted by Crippen LogP contribution is 2.24. The van der Waals surface area contributed by atoms with Crippen LogP contribution in [-0.2, 0) is 11.3 Å². The van der Waals surface area contributed by atoms with Gasteiger partial charge in [0.05, 0.1) is 11.4 Å². The van der Waals surface area contributed by atoms with Crippen molar-refractivity contribution < 1.29 is 27.2 Å². The summed E-state index contributed by atoms with van der Waals surface area (Å²) in [6.45, 7) is 0.0132. The van der Waals surface area contributed by atoms with Crippen LogP contribution in [0, 0.1) is 23.3 Å². The molecular weight excluding hydrogens is 498 g/mol. The zero-order chi connectivity index (χ0) is 27.2. The quantitative estimate of drug-likeness (QED) is 0.122. The van der Waals surface area contributed by atoms with Crippen LogP contribution in [0.2, 0.25) is 0 Å². The van der Waals surface area contributed by atoms with Crippen molar-refractivity contribution in [2.24, 2.45) is 0 Å². The molecule has 0 saturated heterocycles. The number of amides is 2. The number of nitrogen functional groups attached to an aromatic ring is 1. The third-order valence-corrected chi connectivity index (χ3v) is 5.61. The molecule has 2 amide bonds. The number of nitrogens with two attached hydrogens (primary N) is 1. The van der Waals surface area contributed by atoms with Gasteiger partial charge in [-0.15, -0.1) is 0 Å². The number of anilines is 2. The maximum absolute atomic E-state index is 14.3. The molecule has 4 rings (SSSR count). The largest absolute Gasteiger partial charge is 0.397 e. The van der Waals surface area contributed by atoms with Crippen molar-refractivity contribution in [1.82, 2.24) is 5.32 Å². The Labute approximate surface area is 215 Å². The number of hydrogen-bond acceptors (Lipinski definition) is 3. The molecule has 0 aliphatic carbocycles. The molecule has 0 aliphatic heterocycles. The summed E-state index contributed by atoms with van der Waals surface area (Å²) < 4.78 is 55.3. The number of nitrogens with one attached hydrogen (secondary N) is 2. The monoisotopic (exact) mass is 519 g/mol. The lowest BCUT2D eigenvalue weighted by Gasteiger charge is -2.12. The van der Waals surface area contributed by atoms with E-state index in [9.17, 15) is 27.2 Å². The summed E-state index contributed by atoms with van der Waals surface area (Å²) in [5, 5.41) is 5.36. The van der Waals surface area contributed by atoms with Crippen LogP contribution in [0.5, 0.6) is 0 Å². The van der Waals surface area contributed by atoms with E-state index in [1.54, 1.807) is 48.5 Å². The second kappa shape index (κ2) is 11.4. The molecular formula is C29H21F4N3O2. The van der Waals surface area contributed by atoms with Gasteiger partial charge in [-0.3, -0.25) is 9.59 Å². The Morgan fingerprint density at radius 3 is 2.00 bits per heavy atom. The SMILES string of the molecule is Nc1ccccc1NC(=O)c1ccc(CNC(=O)C(=Cc2c(F)cc(F)cc2F)c2ccc(F)cc2)cc1. The van der Waals surface area contributed by atoms with Crippen molar-refractivity contribution in [2.75, 3.05) is 11.1 Å². The van der Waals surface area contributed by atoms with Crippen LogP contribution in [0.25, 0.3) is 11.6 Å². The normalized spacial score (nSPS) is 11.2. The van der Waals surface area contributed by atoms with Gasteiger partial charge in [0.25, 0.3) is 11.8 Å². The summed E-state index contributed by atoms with van der Waals surface area (Å²) in [6, 6.07) is 19.0. The van der Waals surface area contributed by atoms with Crippen LogP contribution >= 0.6 is 0 Å². The summed E-state index contributed by atoms with van der Waals surface area (Å²) in [6.07, 6.45) is 0.940. The highest BCUT2D eigenvalue weighted by molar-refractivity contribution is 6.24. The van der Waals surface area contributed by atoms with Crippen LogP contribution in [-0.4, -0.2) is 11.8 Å². The first kappa shape index (κ1) is 26.2. The Morgan fingerprint density at radius 2 is 1.37 bits per heavy atom. The smallest absolute Gasteiger partial charge is 0.255 e. The molecule has 0 spiro atoms. The highest BCUT2D eigenvalue weighted by Gasteiger charge is 2.17. The average Bonchev–Trinajstić information content (AvgIpc) is 2.89. The van der Waals surface area contributed by atoms with Crippen molar-refractivity contribution in [1.29, 1.82) is 0 Å². The van der Waals surface area contributed by atoms with E-state index >= 15 is 0 Å². The summed E-state index contributed by atoms with van der Waals surface area (Å²) in [4.78, 5) is 25.5. The minimum absolute atomic E-state index is 0.0132. The molecule has 4 aromatic rings. The van der Waals surface area contributed by atoms with E-state index in [-0.39, 0.29) is 23.6 Å². The van der Waals surface area contributed by atoms with Crippen LogP contribution in [0.1, 0.15) is 27.0 Å². The third kappa shape index (κ3) is 6.25. The molecule has 0 atom stereocenters. The minimum Gasteiger partial charge on any atom is -0.397 e. The number of carbonyl (C=O) groups is 2. The molecule has 0 radical (unpaired) electrons. The molecule has 0 fully saturated rings. The fraction of sp³-hybridized carbons (Fsp3) is 0.0345. The molecule has 4 aromatic carbocycles. The molecule has 5 nitrogen and oxygen atoms in total. The standard InChI is InChI=1S/C29H21F4N3O2/c30-20-11-9-18(10-12-20)22(15-23-24(32)13-21(31)14-25(23)33)29(38)35-16-17-5-7-19(8-6-17)28(37)36-27-4-2-1-3-26(27)34/h1-15H,16,34H2,(H,35,38)(H,36,37). The first-order valence-electron chi connectivity index (χ1n) is 11.4. The Balaban J connectivity index is 1.51. The number of carbonyl (C=O) groups excluding carboxylic acids is 2. The van der Waals surface area contributed by atoms with E-state index in [0.29, 0.717) is 34.6 Å². The zero-order valence-corrected chi connectivity index (χ0v) is 19.8. The predicted molar refractivity (Wildman–Crippen MR) is 138 cm³/mol. The number of halogens is 4. The van der Waals surface area contributed by atoms with Crippen molar-refractivity contribution in [3.63, 3.8) is 0 Å². The van der Waals surface area contributed by atoms with Crippen LogP contribution in [0.15, 0.2) is 84.9 Å². The summed E-state index contributed by atoms with van der Waals surface area (Å²) in [5.74, 6) is -5.13. The topological polar surface area (TPSA) is 84.2 Å². The molecule has 9 heteroatoms. The first-order valence-corrected chi connectivity index (χ1v) is 11.4. The van der Waals surface area contributed by atoms with Crippen molar-refractivity contribution in [3.05, 3.63) is 130 Å². The second-order valence-electron chi connectivity index (χ2n) is 8.27. The van der Waals surface area contributed by atoms with Crippen LogP contribution < -0.4 is 16.4 Å². The number of hydrogen-bond donors (Lipinski definition) is 3. The lowest BCUT2D eigenvalue weighted by atomic mass is 10.0. The van der Waals surface area contributed by atoms with Crippen molar-refractivity contribution in [2.45, 2.75) is 6.54 Å². The van der Waals surface area contributed by atoms with E-state index in [0.717, 1.165) is 18.2 Å². The van der Waals surface area contributed by atoms with Gasteiger partial charge in [-0.1, -0.05) is 36.4 Å². The van der Waals surface area contributed by atoms with E-state index in [4.69, 9.17) is 5.73 Å². The molecule has 0 unspecified atom stereocenters. The molecule has 0 saturated carbocycles. The Kier molecular flexibility index (Phi) is 7.86. The van der Waals surface area contributed by atoms with Crippen molar-refractivity contribution in [3.8, 4) is 0 Å². The second-order valence-corrected chi connectivity index (χ2v) is 8.27. The zero-order valence-electron chi connectivity index (χ0n) is 19.8. The number of para-hydroxylation sites is 2. The maximum Gasteiger partial charge on any atom is 0.255 e. The van der Waals surface area contributed by atoms with Gasteiger partial charge in [0.1, 0.15) is 23.3 Å². The molecule has 4 N–H and O–H groups in total. The van der Waals surface area contributed by atoms with E-state index in [1.165, 1.54) is 12.1 Å². The summed E-state index contributed by atoms with van der Waals surface area (Å²) in [7, 11) is 0. The van der Waals surface area contributed by atoms with E-state index in [1.807, 2.05) is 0 Å². The van der Waals surface area contributed by atoms with Gasteiger partial charge in [-0.05, 0) is 53.6 Å². The molecule has 0 bridgehead atoms. The Hall–Kier alpha value is -4.92. The van der Waals surface area contributed by atoms with Gasteiger partial charge < -0.3 is 16.4 Å². The number of benzene rings is 4. The molecule has 192 valence electrons. The highest BCUT2D eigenvalue weighted by atomic mass is 19.1. The third-order valence-electron chi connectivity index (χ3n) is 5.61. The fourth-order valence-corrected chi connectivity index (χ4v) is 3.60. The predicted octanol–water partition coefficient (Wildman–Crippen LogP) is 5.93. The fourth-order valence-electron chi connectivity index (χ4n) is 3.60. The molecule has 0 heterocycles. The summed E-state index contributed by atoms with van der Waals surface area (Å²) >= 11 is 0. The van der Waals surface area contributed by atoms with Gasteiger partial charge in [0.2, 0.25) is 0 Å².